The quantitative estimate of drug-likeness (QED) is 0.114. The lowest BCUT2D eigenvalue weighted by Gasteiger charge is -2.46. The number of benzene rings is 5. The number of phenols is 1. The van der Waals surface area contributed by atoms with Gasteiger partial charge in [-0.25, -0.2) is 19.2 Å². The number of phenolic OH excluding ortho intramolecular Hbond substituents is 1. The molecule has 4 amide bonds. The number of anilines is 1. The van der Waals surface area contributed by atoms with Crippen LogP contribution in [0.5, 0.6) is 5.75 Å². The zero-order chi connectivity index (χ0) is 49.4. The van der Waals surface area contributed by atoms with Gasteiger partial charge in [-0.05, 0) is 83.5 Å². The van der Waals surface area contributed by atoms with Gasteiger partial charge in [0.15, 0.2) is 0 Å². The van der Waals surface area contributed by atoms with Crippen molar-refractivity contribution in [2.45, 2.75) is 88.2 Å². The summed E-state index contributed by atoms with van der Waals surface area (Å²) in [5, 5.41) is 22.2. The fourth-order valence-electron chi connectivity index (χ4n) is 11.4. The first kappa shape index (κ1) is 46.9. The molecule has 0 radical (unpaired) electrons. The van der Waals surface area contributed by atoms with E-state index in [-0.39, 0.29) is 18.0 Å². The van der Waals surface area contributed by atoms with Crippen molar-refractivity contribution in [3.05, 3.63) is 155 Å². The van der Waals surface area contributed by atoms with Crippen molar-refractivity contribution in [2.24, 2.45) is 11.8 Å². The molecule has 71 heavy (non-hydrogen) atoms. The van der Waals surface area contributed by atoms with Crippen LogP contribution in [0.3, 0.4) is 0 Å². The van der Waals surface area contributed by atoms with Gasteiger partial charge >= 0.3 is 18.0 Å². The van der Waals surface area contributed by atoms with Crippen LogP contribution in [0.2, 0.25) is 0 Å². The van der Waals surface area contributed by atoms with E-state index in [1.165, 1.54) is 19.2 Å². The first-order valence-corrected chi connectivity index (χ1v) is 24.3. The van der Waals surface area contributed by atoms with Crippen molar-refractivity contribution < 1.29 is 38.6 Å². The number of carbonyl (C=O) groups is 5. The summed E-state index contributed by atoms with van der Waals surface area (Å²) in [6.45, 7) is 4.47. The Balaban J connectivity index is 1.25. The van der Waals surface area contributed by atoms with Crippen LogP contribution in [-0.2, 0) is 40.6 Å². The SMILES string of the molecule is COC(=O)[C@@H](NC(=O)N1C(=O)[C@@]2(c3cc(C#CCn4nnc5ccccc54)ccc31)[C@H](C(=O)N1CCCCCCC1)[C@H]1C(=O)O[C@H](c3ccccc3)[C@H](c3ccccc3)N1[C@@H]2c1ccc(O)cc1)C(C)C. The molecule has 1 aromatic heterocycles. The van der Waals surface area contributed by atoms with Crippen molar-refractivity contribution in [1.29, 1.82) is 0 Å². The number of ether oxygens (including phenoxy) is 2. The fraction of sp³-hybridized carbons (Fsp3) is 0.339. The second kappa shape index (κ2) is 19.5. The number of nitrogens with one attached hydrogen (secondary N) is 1. The third kappa shape index (κ3) is 8.25. The molecule has 0 bridgehead atoms. The van der Waals surface area contributed by atoms with E-state index >= 15 is 19.2 Å². The number of amides is 4. The molecule has 6 aromatic rings. The average molecular weight is 954 g/mol. The van der Waals surface area contributed by atoms with E-state index in [4.69, 9.17) is 9.47 Å². The van der Waals surface area contributed by atoms with Crippen LogP contribution in [0.4, 0.5) is 10.5 Å². The number of carbonyl (C=O) groups excluding carboxylic acids is 5. The number of methoxy groups -OCH3 is 1. The number of aromatic nitrogens is 3. The molecule has 5 heterocycles. The molecule has 0 unspecified atom stereocenters. The minimum absolute atomic E-state index is 0.0372. The second-order valence-electron chi connectivity index (χ2n) is 19.1. The Bertz CT molecular complexity index is 3050. The molecule has 0 aliphatic carbocycles. The molecule has 10 rings (SSSR count). The molecule has 1 spiro atoms. The Morgan fingerprint density at radius 2 is 1.48 bits per heavy atom. The summed E-state index contributed by atoms with van der Waals surface area (Å²) in [7, 11) is 1.23. The van der Waals surface area contributed by atoms with Crippen LogP contribution >= 0.6 is 0 Å². The van der Waals surface area contributed by atoms with Crippen LogP contribution in [0.15, 0.2) is 127 Å². The zero-order valence-corrected chi connectivity index (χ0v) is 39.8. The number of morpholine rings is 1. The maximum atomic E-state index is 16.7. The average Bonchev–Trinajstić information content (AvgIpc) is 4.01. The number of cyclic esters (lactones) is 1. The predicted molar refractivity (Wildman–Crippen MR) is 263 cm³/mol. The van der Waals surface area contributed by atoms with E-state index in [1.807, 2.05) is 89.8 Å². The number of likely N-dealkylation sites (tertiary alicyclic amines) is 1. The fourth-order valence-corrected chi connectivity index (χ4v) is 11.4. The number of hydrogen-bond donors (Lipinski definition) is 2. The van der Waals surface area contributed by atoms with Crippen LogP contribution < -0.4 is 10.2 Å². The number of rotatable bonds is 8. The normalized spacial score (nSPS) is 23.5. The molecule has 4 aliphatic heterocycles. The van der Waals surface area contributed by atoms with E-state index < -0.39 is 77.3 Å². The first-order valence-electron chi connectivity index (χ1n) is 24.3. The highest BCUT2D eigenvalue weighted by Gasteiger charge is 2.76. The summed E-state index contributed by atoms with van der Waals surface area (Å²) in [5.74, 6) is 1.95. The first-order chi connectivity index (χ1) is 34.5. The molecule has 5 aromatic carbocycles. The largest absolute Gasteiger partial charge is 0.508 e. The highest BCUT2D eigenvalue weighted by Crippen LogP contribution is 2.66. The molecule has 15 nitrogen and oxygen atoms in total. The van der Waals surface area contributed by atoms with Gasteiger partial charge in [-0.15, -0.1) is 5.10 Å². The summed E-state index contributed by atoms with van der Waals surface area (Å²) < 4.78 is 13.4. The molecule has 7 atom stereocenters. The van der Waals surface area contributed by atoms with Gasteiger partial charge in [-0.2, -0.15) is 0 Å². The Labute approximate surface area is 411 Å². The standard InChI is InChI=1S/C56H55N7O8/c1-35(2)46(52(66)70-3)57-55(69)62-43-30-25-36(18-17-33-61-44-24-14-13-23-42(44)58-59-61)34-41(43)56(54(62)68)45(51(65)60-31-15-5-4-6-16-32-60)48-53(67)71-49(38-21-11-8-12-22-38)47(37-19-9-7-10-20-37)63(48)50(56)39-26-28-40(64)29-27-39/h7-14,19-30,34-35,45-50,64H,4-6,15-16,31-33H2,1-3H3,(H,57,69)/t45-,46-,47-,48-,49+,50+,56-/m0/s1. The van der Waals surface area contributed by atoms with Gasteiger partial charge in [0.1, 0.15) is 41.4 Å². The molecule has 4 aliphatic rings. The smallest absolute Gasteiger partial charge is 0.329 e. The number of fused-ring (bicyclic) bond motifs is 4. The summed E-state index contributed by atoms with van der Waals surface area (Å²) in [4.78, 5) is 81.7. The molecule has 3 fully saturated rings. The van der Waals surface area contributed by atoms with Gasteiger partial charge in [0, 0.05) is 18.7 Å². The number of imide groups is 1. The van der Waals surface area contributed by atoms with Gasteiger partial charge in [0.05, 0.1) is 36.3 Å². The Morgan fingerprint density at radius 3 is 2.17 bits per heavy atom. The number of nitrogens with zero attached hydrogens (tertiary/aromatic N) is 6. The van der Waals surface area contributed by atoms with Gasteiger partial charge in [-0.3, -0.25) is 19.3 Å². The van der Waals surface area contributed by atoms with Crippen molar-refractivity contribution in [2.75, 3.05) is 25.1 Å². The molecular formula is C56H55N7O8. The third-order valence-corrected chi connectivity index (χ3v) is 14.6. The summed E-state index contributed by atoms with van der Waals surface area (Å²) in [6.07, 6.45) is 3.36. The van der Waals surface area contributed by atoms with Gasteiger partial charge in [0.2, 0.25) is 11.8 Å². The number of para-hydroxylation sites is 1. The zero-order valence-electron chi connectivity index (χ0n) is 39.8. The lowest BCUT2D eigenvalue weighted by atomic mass is 9.64. The number of hydrogen-bond acceptors (Lipinski definition) is 11. The van der Waals surface area contributed by atoms with Gasteiger partial charge < -0.3 is 24.8 Å². The van der Waals surface area contributed by atoms with Gasteiger partial charge in [0.25, 0.3) is 0 Å². The summed E-state index contributed by atoms with van der Waals surface area (Å²) in [6, 6.07) is 32.7. The lowest BCUT2D eigenvalue weighted by molar-refractivity contribution is -0.179. The number of urea groups is 1. The Hall–Kier alpha value is -7.83. The second-order valence-corrected chi connectivity index (χ2v) is 19.1. The highest BCUT2D eigenvalue weighted by molar-refractivity contribution is 6.25. The van der Waals surface area contributed by atoms with Crippen molar-refractivity contribution >= 4 is 46.5 Å². The highest BCUT2D eigenvalue weighted by atomic mass is 16.6. The minimum atomic E-state index is -2.04. The molecule has 362 valence electrons. The molecule has 0 saturated carbocycles. The predicted octanol–water partition coefficient (Wildman–Crippen LogP) is 7.55. The van der Waals surface area contributed by atoms with Crippen LogP contribution in [0, 0.1) is 23.7 Å². The van der Waals surface area contributed by atoms with Crippen LogP contribution in [0.25, 0.3) is 11.0 Å². The van der Waals surface area contributed by atoms with Crippen molar-refractivity contribution in [3.8, 4) is 17.6 Å². The van der Waals surface area contributed by atoms with E-state index in [1.54, 1.807) is 53.8 Å². The minimum Gasteiger partial charge on any atom is -0.508 e. The lowest BCUT2D eigenvalue weighted by Crippen LogP contribution is -2.58. The molecule has 15 heteroatoms. The molecular weight excluding hydrogens is 899 g/mol. The maximum Gasteiger partial charge on any atom is 0.329 e. The summed E-state index contributed by atoms with van der Waals surface area (Å²) in [5.41, 5.74) is 2.36. The van der Waals surface area contributed by atoms with E-state index in [0.717, 1.165) is 48.1 Å². The Kier molecular flexibility index (Phi) is 12.9. The summed E-state index contributed by atoms with van der Waals surface area (Å²) >= 11 is 0. The van der Waals surface area contributed by atoms with Crippen LogP contribution in [0.1, 0.15) is 92.0 Å². The Morgan fingerprint density at radius 1 is 0.817 bits per heavy atom. The molecule has 2 N–H and O–H groups in total. The van der Waals surface area contributed by atoms with Gasteiger partial charge in [-0.1, -0.05) is 135 Å². The number of esters is 2. The van der Waals surface area contributed by atoms with E-state index in [2.05, 4.69) is 27.5 Å². The monoisotopic (exact) mass is 953 g/mol. The molecule has 3 saturated heterocycles. The third-order valence-electron chi connectivity index (χ3n) is 14.6. The van der Waals surface area contributed by atoms with E-state index in [9.17, 15) is 9.90 Å². The topological polar surface area (TPSA) is 176 Å². The van der Waals surface area contributed by atoms with E-state index in [0.29, 0.717) is 40.9 Å². The maximum absolute atomic E-state index is 16.7. The van der Waals surface area contributed by atoms with Crippen molar-refractivity contribution in [3.63, 3.8) is 0 Å². The van der Waals surface area contributed by atoms with Crippen molar-refractivity contribution in [1.82, 2.24) is 30.1 Å². The van der Waals surface area contributed by atoms with Crippen LogP contribution in [-0.4, -0.2) is 92.0 Å². The number of aromatic hydroxyl groups is 1.